The first-order valence-corrected chi connectivity index (χ1v) is 7.70. The predicted octanol–water partition coefficient (Wildman–Crippen LogP) is 4.81. The van der Waals surface area contributed by atoms with Gasteiger partial charge in [-0.1, -0.05) is 29.3 Å². The van der Waals surface area contributed by atoms with Crippen molar-refractivity contribution in [1.29, 1.82) is 0 Å². The number of halogens is 2. The molecule has 2 rings (SSSR count). The fourth-order valence-corrected chi connectivity index (χ4v) is 2.59. The van der Waals surface area contributed by atoms with E-state index in [4.69, 9.17) is 32.7 Å². The Hall–Kier alpha value is -2.57. The molecule has 0 saturated carbocycles. The molecule has 0 atom stereocenters. The Morgan fingerprint density at radius 3 is 2.44 bits per heavy atom. The van der Waals surface area contributed by atoms with Crippen molar-refractivity contribution >= 4 is 40.7 Å². The van der Waals surface area contributed by atoms with Gasteiger partial charge in [0.2, 0.25) is 0 Å². The highest BCUT2D eigenvalue weighted by atomic mass is 35.5. The second-order valence-corrected chi connectivity index (χ2v) is 5.67. The van der Waals surface area contributed by atoms with Crippen LogP contribution in [0.15, 0.2) is 36.4 Å². The lowest BCUT2D eigenvalue weighted by molar-refractivity contribution is -0.384. The Morgan fingerprint density at radius 2 is 1.84 bits per heavy atom. The molecule has 25 heavy (non-hydrogen) atoms. The summed E-state index contributed by atoms with van der Waals surface area (Å²) in [6, 6.07) is 7.13. The van der Waals surface area contributed by atoms with Crippen LogP contribution in [-0.4, -0.2) is 24.9 Å². The van der Waals surface area contributed by atoms with Crippen LogP contribution in [0.5, 0.6) is 11.5 Å². The molecule has 0 unspecified atom stereocenters. The zero-order valence-electron chi connectivity index (χ0n) is 13.3. The van der Waals surface area contributed by atoms with Crippen LogP contribution in [-0.2, 0) is 0 Å². The minimum Gasteiger partial charge on any atom is -0.493 e. The van der Waals surface area contributed by atoms with Crippen LogP contribution < -0.4 is 9.47 Å². The molecule has 2 aromatic rings. The van der Waals surface area contributed by atoms with Crippen LogP contribution in [0.25, 0.3) is 6.08 Å². The number of benzene rings is 2. The molecule has 0 N–H and O–H groups in total. The molecule has 0 saturated heterocycles. The van der Waals surface area contributed by atoms with Crippen LogP contribution in [0.2, 0.25) is 10.0 Å². The number of carbonyl (C=O) groups is 1. The van der Waals surface area contributed by atoms with Gasteiger partial charge in [0.15, 0.2) is 17.3 Å². The van der Waals surface area contributed by atoms with E-state index in [0.29, 0.717) is 22.1 Å². The molecule has 2 aromatic carbocycles. The van der Waals surface area contributed by atoms with E-state index in [1.165, 1.54) is 38.5 Å². The third-order valence-corrected chi connectivity index (χ3v) is 3.91. The summed E-state index contributed by atoms with van der Waals surface area (Å²) in [6.07, 6.45) is 2.81. The number of ether oxygens (including phenoxy) is 2. The molecule has 0 fully saturated rings. The predicted molar refractivity (Wildman–Crippen MR) is 96.0 cm³/mol. The van der Waals surface area contributed by atoms with Crippen molar-refractivity contribution in [1.82, 2.24) is 0 Å². The Kier molecular flexibility index (Phi) is 6.01. The first-order chi connectivity index (χ1) is 11.9. The molecule has 0 heterocycles. The topological polar surface area (TPSA) is 78.7 Å². The molecular formula is C17H13Cl2NO5. The van der Waals surface area contributed by atoms with Crippen LogP contribution in [0.3, 0.4) is 0 Å². The van der Waals surface area contributed by atoms with Gasteiger partial charge in [-0.3, -0.25) is 14.9 Å². The summed E-state index contributed by atoms with van der Waals surface area (Å²) in [6.45, 7) is 0. The number of nitro benzene ring substituents is 1. The lowest BCUT2D eigenvalue weighted by Crippen LogP contribution is -1.97. The minimum atomic E-state index is -0.642. The van der Waals surface area contributed by atoms with E-state index in [9.17, 15) is 14.9 Å². The Labute approximate surface area is 153 Å². The zero-order valence-corrected chi connectivity index (χ0v) is 14.8. The van der Waals surface area contributed by atoms with Gasteiger partial charge in [0.25, 0.3) is 5.69 Å². The summed E-state index contributed by atoms with van der Waals surface area (Å²) in [5.41, 5.74) is 0.438. The molecule has 0 aliphatic rings. The van der Waals surface area contributed by atoms with Crippen molar-refractivity contribution in [2.45, 2.75) is 0 Å². The van der Waals surface area contributed by atoms with E-state index in [1.807, 2.05) is 0 Å². The average Bonchev–Trinajstić information content (AvgIpc) is 2.59. The van der Waals surface area contributed by atoms with Gasteiger partial charge in [0.05, 0.1) is 24.2 Å². The number of ketones is 1. The number of hydrogen-bond acceptors (Lipinski definition) is 5. The number of carbonyl (C=O) groups excluding carboxylic acids is 1. The van der Waals surface area contributed by atoms with Gasteiger partial charge in [0.1, 0.15) is 5.02 Å². The first-order valence-electron chi connectivity index (χ1n) is 6.95. The highest BCUT2D eigenvalue weighted by Gasteiger charge is 2.15. The quantitative estimate of drug-likeness (QED) is 0.310. The summed E-state index contributed by atoms with van der Waals surface area (Å²) in [5, 5.41) is 11.2. The molecule has 130 valence electrons. The van der Waals surface area contributed by atoms with E-state index in [2.05, 4.69) is 0 Å². The normalized spacial score (nSPS) is 10.7. The molecular weight excluding hydrogens is 369 g/mol. The number of allylic oxidation sites excluding steroid dienone is 1. The Balaban J connectivity index is 2.30. The fraction of sp³-hybridized carbons (Fsp3) is 0.118. The van der Waals surface area contributed by atoms with Gasteiger partial charge in [0, 0.05) is 11.6 Å². The molecule has 0 aromatic heterocycles. The van der Waals surface area contributed by atoms with Crippen molar-refractivity contribution in [3.05, 3.63) is 67.7 Å². The molecule has 0 aliphatic carbocycles. The summed E-state index contributed by atoms with van der Waals surface area (Å²) >= 11 is 11.8. The third-order valence-electron chi connectivity index (χ3n) is 3.31. The minimum absolute atomic E-state index is 0.0304. The van der Waals surface area contributed by atoms with Gasteiger partial charge in [-0.2, -0.15) is 0 Å². The van der Waals surface area contributed by atoms with Crippen LogP contribution in [0.1, 0.15) is 15.9 Å². The van der Waals surface area contributed by atoms with Crippen molar-refractivity contribution in [2.75, 3.05) is 14.2 Å². The molecule has 0 amide bonds. The first kappa shape index (κ1) is 18.8. The van der Waals surface area contributed by atoms with Crippen molar-refractivity contribution < 1.29 is 19.2 Å². The smallest absolute Gasteiger partial charge is 0.288 e. The fourth-order valence-electron chi connectivity index (χ4n) is 2.11. The van der Waals surface area contributed by atoms with Gasteiger partial charge in [-0.15, -0.1) is 0 Å². The van der Waals surface area contributed by atoms with Gasteiger partial charge in [-0.05, 0) is 35.9 Å². The molecule has 0 bridgehead atoms. The van der Waals surface area contributed by atoms with Gasteiger partial charge in [-0.25, -0.2) is 0 Å². The summed E-state index contributed by atoms with van der Waals surface area (Å²) < 4.78 is 10.3. The van der Waals surface area contributed by atoms with Gasteiger partial charge < -0.3 is 9.47 Å². The lowest BCUT2D eigenvalue weighted by atomic mass is 10.1. The summed E-state index contributed by atoms with van der Waals surface area (Å²) in [5.74, 6) is 0.399. The van der Waals surface area contributed by atoms with E-state index in [0.717, 1.165) is 6.07 Å². The molecule has 0 aliphatic heterocycles. The molecule has 6 nitrogen and oxygen atoms in total. The van der Waals surface area contributed by atoms with E-state index >= 15 is 0 Å². The Bertz CT molecular complexity index is 864. The summed E-state index contributed by atoms with van der Waals surface area (Å²) in [7, 11) is 2.94. The molecule has 0 spiro atoms. The number of rotatable bonds is 6. The maximum absolute atomic E-state index is 12.2. The largest absolute Gasteiger partial charge is 0.493 e. The van der Waals surface area contributed by atoms with Crippen molar-refractivity contribution in [3.8, 4) is 11.5 Å². The second-order valence-electron chi connectivity index (χ2n) is 4.86. The maximum Gasteiger partial charge on any atom is 0.288 e. The van der Waals surface area contributed by atoms with Crippen LogP contribution >= 0.6 is 23.2 Å². The number of methoxy groups -OCH3 is 2. The lowest BCUT2D eigenvalue weighted by Gasteiger charge is -2.10. The molecule has 8 heteroatoms. The summed E-state index contributed by atoms with van der Waals surface area (Å²) in [4.78, 5) is 22.5. The van der Waals surface area contributed by atoms with E-state index in [1.54, 1.807) is 12.1 Å². The number of nitrogens with zero attached hydrogens (tertiary/aromatic N) is 1. The van der Waals surface area contributed by atoms with E-state index in [-0.39, 0.29) is 16.3 Å². The average molecular weight is 382 g/mol. The van der Waals surface area contributed by atoms with Crippen LogP contribution in [0.4, 0.5) is 5.69 Å². The third kappa shape index (κ3) is 4.29. The zero-order chi connectivity index (χ0) is 18.6. The van der Waals surface area contributed by atoms with Crippen molar-refractivity contribution in [2.24, 2.45) is 0 Å². The SMILES string of the molecule is COc1cc(C=CC(=O)c2ccc(Cl)c([N+](=O)[O-])c2)cc(Cl)c1OC. The van der Waals surface area contributed by atoms with Crippen molar-refractivity contribution in [3.63, 3.8) is 0 Å². The number of nitro groups is 1. The highest BCUT2D eigenvalue weighted by molar-refractivity contribution is 6.33. The molecule has 0 radical (unpaired) electrons. The number of hydrogen-bond donors (Lipinski definition) is 0. The van der Waals surface area contributed by atoms with E-state index < -0.39 is 10.7 Å². The monoisotopic (exact) mass is 381 g/mol. The maximum atomic E-state index is 12.2. The van der Waals surface area contributed by atoms with Crippen LogP contribution in [0, 0.1) is 10.1 Å². The highest BCUT2D eigenvalue weighted by Crippen LogP contribution is 2.36. The Morgan fingerprint density at radius 1 is 1.12 bits per heavy atom. The second kappa shape index (κ2) is 8.00. The standard InChI is InChI=1S/C17H13Cl2NO5/c1-24-16-8-10(7-13(19)17(16)25-2)3-6-15(21)11-4-5-12(18)14(9-11)20(22)23/h3-9H,1-2H3. The van der Waals surface area contributed by atoms with Gasteiger partial charge >= 0.3 is 0 Å².